The van der Waals surface area contributed by atoms with Crippen LogP contribution in [0.15, 0.2) is 42.5 Å². The molecule has 2 N–H and O–H groups in total. The number of halogens is 1. The molecule has 20 heavy (non-hydrogen) atoms. The van der Waals surface area contributed by atoms with Gasteiger partial charge in [-0.2, -0.15) is 0 Å². The fourth-order valence-corrected chi connectivity index (χ4v) is 2.22. The van der Waals surface area contributed by atoms with Crippen LogP contribution in [-0.2, 0) is 6.42 Å². The minimum atomic E-state index is -0.253. The van der Waals surface area contributed by atoms with Crippen molar-refractivity contribution in [2.45, 2.75) is 20.3 Å². The van der Waals surface area contributed by atoms with Crippen LogP contribution in [0.25, 0.3) is 0 Å². The van der Waals surface area contributed by atoms with E-state index in [4.69, 9.17) is 11.6 Å². The monoisotopic (exact) mass is 288 g/mol. The van der Waals surface area contributed by atoms with Gasteiger partial charge in [0, 0.05) is 16.4 Å². The van der Waals surface area contributed by atoms with E-state index >= 15 is 0 Å². The van der Waals surface area contributed by atoms with E-state index < -0.39 is 0 Å². The average molecular weight is 289 g/mol. The highest BCUT2D eigenvalue weighted by molar-refractivity contribution is 6.30. The summed E-state index contributed by atoms with van der Waals surface area (Å²) in [5, 5.41) is 6.35. The number of amides is 2. The number of para-hydroxylation sites is 1. The van der Waals surface area contributed by atoms with Crippen LogP contribution in [0.5, 0.6) is 0 Å². The largest absolute Gasteiger partial charge is 0.323 e. The zero-order valence-corrected chi connectivity index (χ0v) is 12.3. The fourth-order valence-electron chi connectivity index (χ4n) is 1.99. The summed E-state index contributed by atoms with van der Waals surface area (Å²) < 4.78 is 0. The SMILES string of the molecule is CCc1ccccc1NC(=O)Nc1ccc(Cl)cc1C. The van der Waals surface area contributed by atoms with Crippen LogP contribution in [0.3, 0.4) is 0 Å². The molecule has 3 nitrogen and oxygen atoms in total. The van der Waals surface area contributed by atoms with Crippen molar-refractivity contribution in [1.29, 1.82) is 0 Å². The van der Waals surface area contributed by atoms with Gasteiger partial charge < -0.3 is 10.6 Å². The molecule has 0 atom stereocenters. The molecule has 0 saturated carbocycles. The van der Waals surface area contributed by atoms with Crippen molar-refractivity contribution in [3.63, 3.8) is 0 Å². The maximum absolute atomic E-state index is 12.0. The second-order valence-corrected chi connectivity index (χ2v) is 4.99. The molecule has 0 aromatic heterocycles. The van der Waals surface area contributed by atoms with Crippen molar-refractivity contribution in [1.82, 2.24) is 0 Å². The van der Waals surface area contributed by atoms with Gasteiger partial charge in [0.2, 0.25) is 0 Å². The van der Waals surface area contributed by atoms with E-state index in [-0.39, 0.29) is 6.03 Å². The molecule has 4 heteroatoms. The lowest BCUT2D eigenvalue weighted by Gasteiger charge is -2.12. The van der Waals surface area contributed by atoms with Gasteiger partial charge >= 0.3 is 6.03 Å². The molecule has 2 rings (SSSR count). The predicted molar refractivity (Wildman–Crippen MR) is 84.7 cm³/mol. The number of carbonyl (C=O) groups excluding carboxylic acids is 1. The molecule has 2 amide bonds. The van der Waals surface area contributed by atoms with Crippen LogP contribution in [0.2, 0.25) is 5.02 Å². The summed E-state index contributed by atoms with van der Waals surface area (Å²) in [6.07, 6.45) is 0.871. The first-order chi connectivity index (χ1) is 9.60. The van der Waals surface area contributed by atoms with Gasteiger partial charge in [-0.3, -0.25) is 0 Å². The minimum Gasteiger partial charge on any atom is -0.307 e. The third kappa shape index (κ3) is 3.52. The highest BCUT2D eigenvalue weighted by Crippen LogP contribution is 2.20. The molecule has 0 bridgehead atoms. The zero-order chi connectivity index (χ0) is 14.5. The van der Waals surface area contributed by atoms with Gasteiger partial charge in [0.1, 0.15) is 0 Å². The van der Waals surface area contributed by atoms with Gasteiger partial charge in [0.05, 0.1) is 0 Å². The third-order valence-corrected chi connectivity index (χ3v) is 3.32. The molecule has 0 aliphatic carbocycles. The van der Waals surface area contributed by atoms with Gasteiger partial charge in [0.25, 0.3) is 0 Å². The van der Waals surface area contributed by atoms with E-state index in [0.717, 1.165) is 28.9 Å². The zero-order valence-electron chi connectivity index (χ0n) is 11.5. The summed E-state index contributed by atoms with van der Waals surface area (Å²) in [7, 11) is 0. The molecule has 0 unspecified atom stereocenters. The molecule has 0 aliphatic heterocycles. The first-order valence-electron chi connectivity index (χ1n) is 6.52. The topological polar surface area (TPSA) is 41.1 Å². The number of hydrogen-bond acceptors (Lipinski definition) is 1. The van der Waals surface area contributed by atoms with Crippen molar-refractivity contribution in [3.8, 4) is 0 Å². The van der Waals surface area contributed by atoms with Crippen molar-refractivity contribution >= 4 is 29.0 Å². The van der Waals surface area contributed by atoms with Gasteiger partial charge in [-0.25, -0.2) is 4.79 Å². The maximum atomic E-state index is 12.0. The quantitative estimate of drug-likeness (QED) is 0.832. The number of hydrogen-bond donors (Lipinski definition) is 2. The smallest absolute Gasteiger partial charge is 0.307 e. The first-order valence-corrected chi connectivity index (χ1v) is 6.90. The number of carbonyl (C=O) groups is 1. The van der Waals surface area contributed by atoms with Crippen LogP contribution in [0.4, 0.5) is 16.2 Å². The lowest BCUT2D eigenvalue weighted by atomic mass is 10.1. The number of rotatable bonds is 3. The van der Waals surface area contributed by atoms with Gasteiger partial charge in [-0.1, -0.05) is 36.7 Å². The van der Waals surface area contributed by atoms with Crippen LogP contribution in [-0.4, -0.2) is 6.03 Å². The Morgan fingerprint density at radius 1 is 1.10 bits per heavy atom. The van der Waals surface area contributed by atoms with Crippen molar-refractivity contribution in [2.24, 2.45) is 0 Å². The second kappa shape index (κ2) is 6.44. The molecular formula is C16H17ClN2O. The molecule has 2 aromatic carbocycles. The Balaban J connectivity index is 2.09. The number of anilines is 2. The molecule has 0 heterocycles. The molecule has 0 radical (unpaired) electrons. The van der Waals surface area contributed by atoms with Crippen molar-refractivity contribution < 1.29 is 4.79 Å². The van der Waals surface area contributed by atoms with E-state index in [0.29, 0.717) is 5.02 Å². The molecule has 0 fully saturated rings. The highest BCUT2D eigenvalue weighted by atomic mass is 35.5. The Morgan fingerprint density at radius 2 is 1.80 bits per heavy atom. The fraction of sp³-hybridized carbons (Fsp3) is 0.188. The van der Waals surface area contributed by atoms with Crippen LogP contribution >= 0.6 is 11.6 Å². The number of urea groups is 1. The van der Waals surface area contributed by atoms with E-state index in [2.05, 4.69) is 17.6 Å². The molecule has 2 aromatic rings. The van der Waals surface area contributed by atoms with E-state index in [9.17, 15) is 4.79 Å². The highest BCUT2D eigenvalue weighted by Gasteiger charge is 2.07. The Bertz CT molecular complexity index is 626. The van der Waals surface area contributed by atoms with E-state index in [1.165, 1.54) is 0 Å². The summed E-state index contributed by atoms with van der Waals surface area (Å²) in [5.74, 6) is 0. The Labute approximate surface area is 124 Å². The summed E-state index contributed by atoms with van der Waals surface area (Å²) in [4.78, 5) is 12.0. The Kier molecular flexibility index (Phi) is 4.64. The van der Waals surface area contributed by atoms with Crippen molar-refractivity contribution in [3.05, 3.63) is 58.6 Å². The number of benzene rings is 2. The number of nitrogens with one attached hydrogen (secondary N) is 2. The maximum Gasteiger partial charge on any atom is 0.323 e. The summed E-state index contributed by atoms with van der Waals surface area (Å²) >= 11 is 5.89. The lowest BCUT2D eigenvalue weighted by Crippen LogP contribution is -2.20. The molecular weight excluding hydrogens is 272 g/mol. The van der Waals surface area contributed by atoms with Crippen LogP contribution in [0.1, 0.15) is 18.1 Å². The lowest BCUT2D eigenvalue weighted by molar-refractivity contribution is 0.262. The van der Waals surface area contributed by atoms with Gasteiger partial charge in [-0.05, 0) is 48.7 Å². The summed E-state index contributed by atoms with van der Waals surface area (Å²) in [6, 6.07) is 12.9. The Morgan fingerprint density at radius 3 is 2.50 bits per heavy atom. The summed E-state index contributed by atoms with van der Waals surface area (Å²) in [6.45, 7) is 3.96. The van der Waals surface area contributed by atoms with Crippen LogP contribution < -0.4 is 10.6 Å². The normalized spacial score (nSPS) is 10.2. The Hall–Kier alpha value is -2.00. The molecule has 0 saturated heterocycles. The molecule has 104 valence electrons. The van der Waals surface area contributed by atoms with Gasteiger partial charge in [0.15, 0.2) is 0 Å². The van der Waals surface area contributed by atoms with E-state index in [1.807, 2.05) is 37.3 Å². The standard InChI is InChI=1S/C16H17ClN2O/c1-3-12-6-4-5-7-15(12)19-16(20)18-14-9-8-13(17)10-11(14)2/h4-10H,3H2,1-2H3,(H2,18,19,20). The molecule has 0 spiro atoms. The van der Waals surface area contributed by atoms with Gasteiger partial charge in [-0.15, -0.1) is 0 Å². The molecule has 0 aliphatic rings. The summed E-state index contributed by atoms with van der Waals surface area (Å²) in [5.41, 5.74) is 3.62. The number of aryl methyl sites for hydroxylation is 2. The predicted octanol–water partition coefficient (Wildman–Crippen LogP) is 4.85. The minimum absolute atomic E-state index is 0.253. The average Bonchev–Trinajstić information content (AvgIpc) is 2.42. The van der Waals surface area contributed by atoms with Crippen molar-refractivity contribution in [2.75, 3.05) is 10.6 Å². The third-order valence-electron chi connectivity index (χ3n) is 3.08. The first kappa shape index (κ1) is 14.4. The van der Waals surface area contributed by atoms with E-state index in [1.54, 1.807) is 12.1 Å². The van der Waals surface area contributed by atoms with Crippen LogP contribution in [0, 0.1) is 6.92 Å². The second-order valence-electron chi connectivity index (χ2n) is 4.55.